The van der Waals surface area contributed by atoms with Crippen molar-refractivity contribution in [1.29, 1.82) is 0 Å². The maximum atomic E-state index is 5.63. The van der Waals surface area contributed by atoms with Gasteiger partial charge in [0.1, 0.15) is 11.5 Å². The Morgan fingerprint density at radius 3 is 1.39 bits per heavy atom. The van der Waals surface area contributed by atoms with Crippen molar-refractivity contribution in [2.24, 2.45) is 4.99 Å². The molecule has 0 aliphatic carbocycles. The summed E-state index contributed by atoms with van der Waals surface area (Å²) in [4.78, 5) is 16.1. The quantitative estimate of drug-likeness (QED) is 0.117. The van der Waals surface area contributed by atoms with Crippen molar-refractivity contribution in [2.45, 2.75) is 26.7 Å². The van der Waals surface area contributed by atoms with Gasteiger partial charge in [0.25, 0.3) is 0 Å². The lowest BCUT2D eigenvalue weighted by atomic mass is 10.1. The van der Waals surface area contributed by atoms with Crippen LogP contribution in [0.25, 0.3) is 77.5 Å². The monoisotopic (exact) mass is 697 g/mol. The maximum absolute atomic E-state index is 5.63. The molecule has 0 aliphatic heterocycles. The van der Waals surface area contributed by atoms with E-state index in [1.165, 1.54) is 21.5 Å². The third kappa shape index (κ3) is 6.00. The van der Waals surface area contributed by atoms with E-state index < -0.39 is 0 Å². The molecule has 0 radical (unpaired) electrons. The van der Waals surface area contributed by atoms with E-state index in [4.69, 9.17) is 15.0 Å². The number of hydrogen-bond donors (Lipinski definition) is 0. The molecule has 54 heavy (non-hydrogen) atoms. The molecule has 0 bridgehead atoms. The minimum Gasteiger partial charge on any atom is -0.313 e. The normalized spacial score (nSPS) is 12.7. The molecule has 9 rings (SSSR count). The van der Waals surface area contributed by atoms with E-state index in [-0.39, 0.29) is 0 Å². The van der Waals surface area contributed by atoms with Gasteiger partial charge in [-0.1, -0.05) is 153 Å². The van der Waals surface area contributed by atoms with Crippen LogP contribution in [0.3, 0.4) is 0 Å². The fourth-order valence-electron chi connectivity index (χ4n) is 7.54. The van der Waals surface area contributed by atoms with Gasteiger partial charge in [-0.2, -0.15) is 0 Å². The summed E-state index contributed by atoms with van der Waals surface area (Å²) in [6, 6.07) is 57.2. The number of rotatable bonds is 8. The smallest absolute Gasteiger partial charge is 0.179 e. The van der Waals surface area contributed by atoms with E-state index in [0.29, 0.717) is 5.82 Å². The zero-order valence-corrected chi connectivity index (χ0v) is 30.4. The fourth-order valence-corrected chi connectivity index (χ4v) is 7.54. The molecule has 6 aromatic carbocycles. The second-order valence-corrected chi connectivity index (χ2v) is 13.6. The standard InChI is InChI=1S/C49H39N5/c1-3-4-27-41(49-51-42(35-19-7-5-8-20-35)33-43(52-49)36-21-9-6-10-22-36)50-48(54-46-30-17-13-25-39(46)40-26-14-18-31-47(40)54)32-34(2)53-44-28-15-11-23-37(44)38-24-12-16-29-45(38)53/h5-33H,3-4H2,1-2H3/b34-32+,41-27+,50-48-. The number of allylic oxidation sites excluding steroid dienone is 3. The lowest BCUT2D eigenvalue weighted by Gasteiger charge is -2.14. The summed E-state index contributed by atoms with van der Waals surface area (Å²) < 4.78 is 4.64. The first-order valence-corrected chi connectivity index (χ1v) is 18.6. The van der Waals surface area contributed by atoms with Crippen LogP contribution in [-0.4, -0.2) is 24.9 Å². The lowest BCUT2D eigenvalue weighted by Crippen LogP contribution is -2.12. The van der Waals surface area contributed by atoms with Crippen LogP contribution in [-0.2, 0) is 0 Å². The van der Waals surface area contributed by atoms with Crippen molar-refractivity contribution >= 4 is 60.8 Å². The minimum atomic E-state index is 0.588. The number of nitrogens with zero attached hydrogens (tertiary/aromatic N) is 5. The molecule has 0 atom stereocenters. The molecule has 0 fully saturated rings. The molecule has 0 saturated heterocycles. The van der Waals surface area contributed by atoms with Gasteiger partial charge >= 0.3 is 0 Å². The van der Waals surface area contributed by atoms with Gasteiger partial charge < -0.3 is 4.57 Å². The largest absolute Gasteiger partial charge is 0.313 e. The summed E-state index contributed by atoms with van der Waals surface area (Å²) in [5, 5.41) is 4.80. The Morgan fingerprint density at radius 1 is 0.537 bits per heavy atom. The van der Waals surface area contributed by atoms with Gasteiger partial charge in [0.2, 0.25) is 0 Å². The van der Waals surface area contributed by atoms with Crippen molar-refractivity contribution in [1.82, 2.24) is 19.1 Å². The Kier molecular flexibility index (Phi) is 8.73. The van der Waals surface area contributed by atoms with Gasteiger partial charge in [0, 0.05) is 44.4 Å². The summed E-state index contributed by atoms with van der Waals surface area (Å²) in [6.07, 6.45) is 6.20. The van der Waals surface area contributed by atoms with Crippen LogP contribution in [0, 0.1) is 0 Å². The van der Waals surface area contributed by atoms with Crippen LogP contribution in [0.4, 0.5) is 0 Å². The zero-order valence-electron chi connectivity index (χ0n) is 30.4. The highest BCUT2D eigenvalue weighted by Gasteiger charge is 2.18. The van der Waals surface area contributed by atoms with E-state index in [2.05, 4.69) is 163 Å². The molecule has 3 heterocycles. The summed E-state index contributed by atoms with van der Waals surface area (Å²) in [5.41, 5.74) is 10.0. The van der Waals surface area contributed by atoms with Crippen molar-refractivity contribution in [3.63, 3.8) is 0 Å². The Morgan fingerprint density at radius 2 is 0.944 bits per heavy atom. The molecule has 3 aromatic heterocycles. The molecule has 5 heteroatoms. The van der Waals surface area contributed by atoms with Crippen LogP contribution >= 0.6 is 0 Å². The second-order valence-electron chi connectivity index (χ2n) is 13.6. The number of hydrogen-bond acceptors (Lipinski definition) is 3. The molecule has 260 valence electrons. The zero-order chi connectivity index (χ0) is 36.4. The molecule has 9 aromatic rings. The van der Waals surface area contributed by atoms with Gasteiger partial charge in [-0.05, 0) is 43.7 Å². The third-order valence-corrected chi connectivity index (χ3v) is 10.0. The van der Waals surface area contributed by atoms with Crippen LogP contribution < -0.4 is 0 Å². The van der Waals surface area contributed by atoms with Gasteiger partial charge in [0.05, 0.1) is 33.5 Å². The third-order valence-electron chi connectivity index (χ3n) is 10.0. The molecule has 0 spiro atoms. The Labute approximate surface area is 314 Å². The van der Waals surface area contributed by atoms with Gasteiger partial charge in [-0.3, -0.25) is 4.57 Å². The molecule has 0 N–H and O–H groups in total. The highest BCUT2D eigenvalue weighted by molar-refractivity contribution is 6.18. The van der Waals surface area contributed by atoms with Gasteiger partial charge in [-0.15, -0.1) is 0 Å². The number of para-hydroxylation sites is 4. The molecule has 5 nitrogen and oxygen atoms in total. The van der Waals surface area contributed by atoms with E-state index in [9.17, 15) is 0 Å². The van der Waals surface area contributed by atoms with E-state index in [1.807, 2.05) is 36.4 Å². The average Bonchev–Trinajstić information content (AvgIpc) is 3.76. The van der Waals surface area contributed by atoms with Crippen molar-refractivity contribution in [3.05, 3.63) is 182 Å². The van der Waals surface area contributed by atoms with Crippen LogP contribution in [0.1, 0.15) is 32.5 Å². The topological polar surface area (TPSA) is 48.0 Å². The number of benzene rings is 6. The first-order chi connectivity index (χ1) is 26.7. The highest BCUT2D eigenvalue weighted by Crippen LogP contribution is 2.34. The molecular weight excluding hydrogens is 659 g/mol. The molecule has 0 saturated carbocycles. The molecular formula is C49H39N5. The lowest BCUT2D eigenvalue weighted by molar-refractivity contribution is 0.954. The fraction of sp³-hybridized carbons (Fsp3) is 0.0816. The van der Waals surface area contributed by atoms with E-state index >= 15 is 0 Å². The molecule has 0 unspecified atom stereocenters. The van der Waals surface area contributed by atoms with Gasteiger partial charge in [0.15, 0.2) is 5.82 Å². The van der Waals surface area contributed by atoms with E-state index in [1.54, 1.807) is 0 Å². The van der Waals surface area contributed by atoms with Crippen LogP contribution in [0.15, 0.2) is 181 Å². The van der Waals surface area contributed by atoms with Crippen molar-refractivity contribution in [2.75, 3.05) is 0 Å². The summed E-state index contributed by atoms with van der Waals surface area (Å²) in [6.45, 7) is 4.37. The van der Waals surface area contributed by atoms with Crippen molar-refractivity contribution in [3.8, 4) is 22.5 Å². The highest BCUT2D eigenvalue weighted by atomic mass is 15.1. The SMILES string of the molecule is CCC/C=C(/N=C(/C=C(\C)n1c2ccccc2c2ccccc21)n1c2ccccc2c2ccccc21)c1nc(-c2ccccc2)cc(-c2ccccc2)n1. The van der Waals surface area contributed by atoms with Crippen molar-refractivity contribution < 1.29 is 0 Å². The second kappa shape index (κ2) is 14.3. The summed E-state index contributed by atoms with van der Waals surface area (Å²) >= 11 is 0. The number of aliphatic imine (C=N–C) groups is 1. The molecule has 0 amide bonds. The average molecular weight is 698 g/mol. The summed E-state index contributed by atoms with van der Waals surface area (Å²) in [7, 11) is 0. The number of aromatic nitrogens is 4. The molecule has 0 aliphatic rings. The predicted molar refractivity (Wildman–Crippen MR) is 227 cm³/mol. The summed E-state index contributed by atoms with van der Waals surface area (Å²) in [5.74, 6) is 1.37. The Bertz CT molecular complexity index is 2730. The first kappa shape index (κ1) is 33.0. The van der Waals surface area contributed by atoms with E-state index in [0.717, 1.165) is 74.7 Å². The minimum absolute atomic E-state index is 0.588. The van der Waals surface area contributed by atoms with Crippen LogP contribution in [0.2, 0.25) is 0 Å². The predicted octanol–water partition coefficient (Wildman–Crippen LogP) is 12.7. The maximum Gasteiger partial charge on any atom is 0.179 e. The number of fused-ring (bicyclic) bond motifs is 6. The van der Waals surface area contributed by atoms with Crippen LogP contribution in [0.5, 0.6) is 0 Å². The first-order valence-electron chi connectivity index (χ1n) is 18.6. The number of unbranched alkanes of at least 4 members (excludes halogenated alkanes) is 1. The van der Waals surface area contributed by atoms with Gasteiger partial charge in [-0.25, -0.2) is 15.0 Å². The Balaban J connectivity index is 1.33. The Hall–Kier alpha value is -6.85.